The van der Waals surface area contributed by atoms with Crippen LogP contribution < -0.4 is 0 Å². The highest BCUT2D eigenvalue weighted by molar-refractivity contribution is 6.36. The van der Waals surface area contributed by atoms with Crippen molar-refractivity contribution < 1.29 is 4.52 Å². The van der Waals surface area contributed by atoms with Gasteiger partial charge >= 0.3 is 0 Å². The Kier molecular flexibility index (Phi) is 4.27. The fraction of sp³-hybridized carbons (Fsp3) is 0.133. The van der Waals surface area contributed by atoms with E-state index in [0.29, 0.717) is 27.3 Å². The van der Waals surface area contributed by atoms with E-state index in [1.54, 1.807) is 30.5 Å². The lowest BCUT2D eigenvalue weighted by Crippen LogP contribution is -1.91. The van der Waals surface area contributed by atoms with Gasteiger partial charge in [-0.3, -0.25) is 4.68 Å². The van der Waals surface area contributed by atoms with Crippen LogP contribution in [0.2, 0.25) is 10.0 Å². The van der Waals surface area contributed by atoms with Crippen molar-refractivity contribution in [1.82, 2.24) is 19.9 Å². The maximum Gasteiger partial charge on any atom is 0.250 e. The molecular formula is C15H12Cl2N4O. The van der Waals surface area contributed by atoms with Crippen molar-refractivity contribution in [3.8, 4) is 11.4 Å². The van der Waals surface area contributed by atoms with Gasteiger partial charge in [-0.25, -0.2) is 0 Å². The number of halogens is 2. The Hall–Kier alpha value is -2.11. The SMILES string of the molecule is CCn1cc(/C=C/c2nc(-c3ccc(Cl)cc3Cl)no2)cn1. The summed E-state index contributed by atoms with van der Waals surface area (Å²) in [4.78, 5) is 4.29. The molecule has 3 aromatic rings. The summed E-state index contributed by atoms with van der Waals surface area (Å²) in [5, 5.41) is 9.15. The standard InChI is InChI=1S/C15H12Cl2N4O/c1-2-21-9-10(8-18-21)3-6-14-19-15(20-22-14)12-5-4-11(16)7-13(12)17/h3-9H,2H2,1H3/b6-3+. The Morgan fingerprint density at radius 3 is 2.86 bits per heavy atom. The largest absolute Gasteiger partial charge is 0.334 e. The van der Waals surface area contributed by atoms with Crippen molar-refractivity contribution >= 4 is 35.4 Å². The van der Waals surface area contributed by atoms with Gasteiger partial charge in [0.2, 0.25) is 5.82 Å². The predicted molar refractivity (Wildman–Crippen MR) is 86.6 cm³/mol. The molecule has 7 heteroatoms. The van der Waals surface area contributed by atoms with Crippen LogP contribution in [0.5, 0.6) is 0 Å². The molecule has 22 heavy (non-hydrogen) atoms. The monoisotopic (exact) mass is 334 g/mol. The van der Waals surface area contributed by atoms with Gasteiger partial charge in [0.15, 0.2) is 0 Å². The molecule has 0 atom stereocenters. The average Bonchev–Trinajstić information content (AvgIpc) is 3.14. The molecule has 112 valence electrons. The van der Waals surface area contributed by atoms with Crippen molar-refractivity contribution in [2.24, 2.45) is 0 Å². The molecule has 0 amide bonds. The minimum Gasteiger partial charge on any atom is -0.334 e. The number of aromatic nitrogens is 4. The molecule has 0 saturated carbocycles. The molecule has 0 bridgehead atoms. The molecule has 0 spiro atoms. The van der Waals surface area contributed by atoms with E-state index >= 15 is 0 Å². The number of aryl methyl sites for hydroxylation is 1. The van der Waals surface area contributed by atoms with Gasteiger partial charge in [0.1, 0.15) is 0 Å². The van der Waals surface area contributed by atoms with Crippen LogP contribution in [-0.2, 0) is 6.54 Å². The van der Waals surface area contributed by atoms with Gasteiger partial charge in [-0.2, -0.15) is 10.1 Å². The van der Waals surface area contributed by atoms with Crippen molar-refractivity contribution in [3.63, 3.8) is 0 Å². The Morgan fingerprint density at radius 2 is 2.14 bits per heavy atom. The molecule has 0 radical (unpaired) electrons. The molecule has 1 aromatic carbocycles. The summed E-state index contributed by atoms with van der Waals surface area (Å²) in [6, 6.07) is 5.13. The lowest BCUT2D eigenvalue weighted by atomic mass is 10.2. The van der Waals surface area contributed by atoms with Gasteiger partial charge in [0, 0.05) is 35.0 Å². The molecule has 0 aliphatic rings. The van der Waals surface area contributed by atoms with Crippen LogP contribution in [0.15, 0.2) is 35.1 Å². The Morgan fingerprint density at radius 1 is 1.27 bits per heavy atom. The molecule has 3 rings (SSSR count). The second-order valence-corrected chi connectivity index (χ2v) is 5.39. The van der Waals surface area contributed by atoms with E-state index in [9.17, 15) is 0 Å². The first-order valence-corrected chi connectivity index (χ1v) is 7.41. The summed E-state index contributed by atoms with van der Waals surface area (Å²) in [5.74, 6) is 0.816. The Bertz CT molecular complexity index is 823. The average molecular weight is 335 g/mol. The summed E-state index contributed by atoms with van der Waals surface area (Å²) < 4.78 is 7.03. The molecule has 2 aromatic heterocycles. The first-order chi connectivity index (χ1) is 10.7. The van der Waals surface area contributed by atoms with Crippen LogP contribution >= 0.6 is 23.2 Å². The van der Waals surface area contributed by atoms with Crippen molar-refractivity contribution in [2.75, 3.05) is 0 Å². The van der Waals surface area contributed by atoms with E-state index in [-0.39, 0.29) is 0 Å². The number of benzene rings is 1. The second-order valence-electron chi connectivity index (χ2n) is 4.54. The van der Waals surface area contributed by atoms with Gasteiger partial charge < -0.3 is 4.52 Å². The zero-order valence-electron chi connectivity index (χ0n) is 11.7. The highest BCUT2D eigenvalue weighted by atomic mass is 35.5. The van der Waals surface area contributed by atoms with Crippen molar-refractivity contribution in [2.45, 2.75) is 13.5 Å². The molecule has 0 saturated heterocycles. The van der Waals surface area contributed by atoms with E-state index < -0.39 is 0 Å². The smallest absolute Gasteiger partial charge is 0.250 e. The predicted octanol–water partition coefficient (Wildman–Crippen LogP) is 4.43. The third-order valence-corrected chi connectivity index (χ3v) is 3.56. The fourth-order valence-electron chi connectivity index (χ4n) is 1.89. The summed E-state index contributed by atoms with van der Waals surface area (Å²) in [6.45, 7) is 2.86. The van der Waals surface area contributed by atoms with Gasteiger partial charge in [-0.15, -0.1) is 0 Å². The van der Waals surface area contributed by atoms with E-state index in [2.05, 4.69) is 15.2 Å². The zero-order valence-corrected chi connectivity index (χ0v) is 13.2. The van der Waals surface area contributed by atoms with E-state index in [1.807, 2.05) is 23.9 Å². The molecule has 0 unspecified atom stereocenters. The highest BCUT2D eigenvalue weighted by Gasteiger charge is 2.10. The lowest BCUT2D eigenvalue weighted by Gasteiger charge is -1.98. The molecule has 2 heterocycles. The third kappa shape index (κ3) is 3.21. The summed E-state index contributed by atoms with van der Waals surface area (Å²) in [6.07, 6.45) is 7.30. The first-order valence-electron chi connectivity index (χ1n) is 6.65. The maximum atomic E-state index is 6.13. The molecule has 0 fully saturated rings. The highest BCUT2D eigenvalue weighted by Crippen LogP contribution is 2.28. The van der Waals surface area contributed by atoms with Gasteiger partial charge in [0.25, 0.3) is 5.89 Å². The van der Waals surface area contributed by atoms with Crippen molar-refractivity contribution in [1.29, 1.82) is 0 Å². The number of rotatable bonds is 4. The lowest BCUT2D eigenvalue weighted by molar-refractivity contribution is 0.411. The Labute approximate surface area is 137 Å². The molecule has 0 aliphatic carbocycles. The second kappa shape index (κ2) is 6.34. The summed E-state index contributed by atoms with van der Waals surface area (Å²) >= 11 is 12.0. The third-order valence-electron chi connectivity index (χ3n) is 3.01. The molecule has 0 N–H and O–H groups in total. The normalized spacial score (nSPS) is 11.4. The summed E-state index contributed by atoms with van der Waals surface area (Å²) in [5.41, 5.74) is 1.64. The zero-order chi connectivity index (χ0) is 15.5. The van der Waals surface area contributed by atoms with Gasteiger partial charge in [0.05, 0.1) is 11.2 Å². The molecule has 0 aliphatic heterocycles. The van der Waals surface area contributed by atoms with Crippen LogP contribution in [0.25, 0.3) is 23.5 Å². The van der Waals surface area contributed by atoms with E-state index in [4.69, 9.17) is 27.7 Å². The quantitative estimate of drug-likeness (QED) is 0.708. The number of nitrogens with zero attached hydrogens (tertiary/aromatic N) is 4. The number of hydrogen-bond acceptors (Lipinski definition) is 4. The Balaban J connectivity index is 1.81. The minimum absolute atomic E-state index is 0.394. The van der Waals surface area contributed by atoms with Crippen LogP contribution in [0.4, 0.5) is 0 Å². The first kappa shape index (κ1) is 14.8. The van der Waals surface area contributed by atoms with Gasteiger partial charge in [-0.1, -0.05) is 28.4 Å². The van der Waals surface area contributed by atoms with Crippen LogP contribution in [0, 0.1) is 0 Å². The van der Waals surface area contributed by atoms with E-state index in [1.165, 1.54) is 0 Å². The van der Waals surface area contributed by atoms with Crippen LogP contribution in [0.3, 0.4) is 0 Å². The summed E-state index contributed by atoms with van der Waals surface area (Å²) in [7, 11) is 0. The van der Waals surface area contributed by atoms with E-state index in [0.717, 1.165) is 12.1 Å². The maximum absolute atomic E-state index is 6.13. The topological polar surface area (TPSA) is 56.7 Å². The minimum atomic E-state index is 0.394. The van der Waals surface area contributed by atoms with Crippen molar-refractivity contribution in [3.05, 3.63) is 52.1 Å². The fourth-order valence-corrected chi connectivity index (χ4v) is 2.38. The molecule has 5 nitrogen and oxygen atoms in total. The number of hydrogen-bond donors (Lipinski definition) is 0. The van der Waals surface area contributed by atoms with Crippen LogP contribution in [0.1, 0.15) is 18.4 Å². The van der Waals surface area contributed by atoms with Gasteiger partial charge in [-0.05, 0) is 31.2 Å². The molecular weight excluding hydrogens is 323 g/mol. The van der Waals surface area contributed by atoms with Crippen LogP contribution in [-0.4, -0.2) is 19.9 Å².